The number of ketones is 1. The molecule has 0 saturated carbocycles. The summed E-state index contributed by atoms with van der Waals surface area (Å²) in [7, 11) is 0. The van der Waals surface area contributed by atoms with Crippen LogP contribution in [-0.4, -0.2) is 5.78 Å². The van der Waals surface area contributed by atoms with Crippen LogP contribution in [0.4, 0.5) is 4.39 Å². The highest BCUT2D eigenvalue weighted by molar-refractivity contribution is 5.96. The van der Waals surface area contributed by atoms with Gasteiger partial charge in [-0.1, -0.05) is 38.1 Å². The van der Waals surface area contributed by atoms with Crippen LogP contribution in [0.1, 0.15) is 53.6 Å². The molecule has 0 spiro atoms. The number of nitriles is 1. The average molecular weight is 295 g/mol. The maximum absolute atomic E-state index is 12.9. The van der Waals surface area contributed by atoms with Crippen LogP contribution in [0.25, 0.3) is 0 Å². The Kier molecular flexibility index (Phi) is 5.06. The maximum atomic E-state index is 12.9. The third-order valence-corrected chi connectivity index (χ3v) is 3.72. The van der Waals surface area contributed by atoms with Crippen LogP contribution in [0.2, 0.25) is 0 Å². The largest absolute Gasteiger partial charge is 0.294 e. The molecule has 0 unspecified atom stereocenters. The summed E-state index contributed by atoms with van der Waals surface area (Å²) in [4.78, 5) is 12.2. The maximum Gasteiger partial charge on any atom is 0.164 e. The second-order valence-electron chi connectivity index (χ2n) is 5.64. The third-order valence-electron chi connectivity index (χ3n) is 3.72. The zero-order chi connectivity index (χ0) is 16.1. The molecule has 0 radical (unpaired) electrons. The van der Waals surface area contributed by atoms with Gasteiger partial charge in [0.15, 0.2) is 5.78 Å². The molecule has 2 rings (SSSR count). The standard InChI is InChI=1S/C19H18FNO/c1-13(2)14-3-5-15(6-4-14)17(12-21)11-19(22)16-7-9-18(20)10-8-16/h3-10,13,17H,11H2,1-2H3/t17-/m1/s1. The van der Waals surface area contributed by atoms with E-state index in [4.69, 9.17) is 0 Å². The van der Waals surface area contributed by atoms with Gasteiger partial charge < -0.3 is 0 Å². The van der Waals surface area contributed by atoms with Crippen molar-refractivity contribution >= 4 is 5.78 Å². The third kappa shape index (κ3) is 3.79. The summed E-state index contributed by atoms with van der Waals surface area (Å²) in [5, 5.41) is 9.34. The number of Topliss-reactive ketones (excluding diaryl/α,β-unsaturated/α-hetero) is 1. The molecule has 0 bridgehead atoms. The summed E-state index contributed by atoms with van der Waals surface area (Å²) in [5.41, 5.74) is 2.47. The molecule has 0 aromatic heterocycles. The molecular weight excluding hydrogens is 277 g/mol. The van der Waals surface area contributed by atoms with E-state index in [0.717, 1.165) is 5.56 Å². The van der Waals surface area contributed by atoms with Gasteiger partial charge >= 0.3 is 0 Å². The van der Waals surface area contributed by atoms with Crippen LogP contribution < -0.4 is 0 Å². The Morgan fingerprint density at radius 2 is 1.59 bits per heavy atom. The smallest absolute Gasteiger partial charge is 0.164 e. The molecule has 0 N–H and O–H groups in total. The summed E-state index contributed by atoms with van der Waals surface area (Å²) in [6.45, 7) is 4.21. The molecule has 2 aromatic rings. The van der Waals surface area contributed by atoms with Gasteiger partial charge in [0.05, 0.1) is 12.0 Å². The monoisotopic (exact) mass is 295 g/mol. The first-order valence-corrected chi connectivity index (χ1v) is 7.29. The molecule has 22 heavy (non-hydrogen) atoms. The van der Waals surface area contributed by atoms with Crippen molar-refractivity contribution in [3.63, 3.8) is 0 Å². The van der Waals surface area contributed by atoms with E-state index in [-0.39, 0.29) is 18.0 Å². The Morgan fingerprint density at radius 1 is 1.05 bits per heavy atom. The van der Waals surface area contributed by atoms with Crippen molar-refractivity contribution in [3.8, 4) is 6.07 Å². The van der Waals surface area contributed by atoms with Crippen molar-refractivity contribution in [2.24, 2.45) is 0 Å². The molecule has 2 nitrogen and oxygen atoms in total. The van der Waals surface area contributed by atoms with Crippen LogP contribution in [0.5, 0.6) is 0 Å². The fourth-order valence-corrected chi connectivity index (χ4v) is 2.29. The van der Waals surface area contributed by atoms with E-state index in [1.807, 2.05) is 24.3 Å². The Bertz CT molecular complexity index is 681. The summed E-state index contributed by atoms with van der Waals surface area (Å²) in [5.74, 6) is -0.591. The lowest BCUT2D eigenvalue weighted by molar-refractivity contribution is 0.0979. The minimum absolute atomic E-state index is 0.100. The van der Waals surface area contributed by atoms with Crippen molar-refractivity contribution < 1.29 is 9.18 Å². The summed E-state index contributed by atoms with van der Waals surface area (Å²) in [6, 6.07) is 15.4. The number of halogens is 1. The van der Waals surface area contributed by atoms with E-state index in [0.29, 0.717) is 11.5 Å². The molecule has 3 heteroatoms. The second kappa shape index (κ2) is 7.00. The van der Waals surface area contributed by atoms with E-state index >= 15 is 0 Å². The predicted molar refractivity (Wildman–Crippen MR) is 84.2 cm³/mol. The molecule has 0 aliphatic rings. The van der Waals surface area contributed by atoms with Gasteiger partial charge in [0, 0.05) is 12.0 Å². The van der Waals surface area contributed by atoms with Crippen LogP contribution >= 0.6 is 0 Å². The van der Waals surface area contributed by atoms with Gasteiger partial charge in [-0.25, -0.2) is 4.39 Å². The minimum atomic E-state index is -0.487. The lowest BCUT2D eigenvalue weighted by Gasteiger charge is -2.11. The van der Waals surface area contributed by atoms with Gasteiger partial charge in [-0.2, -0.15) is 5.26 Å². The molecular formula is C19H18FNO. The van der Waals surface area contributed by atoms with Crippen molar-refractivity contribution in [1.82, 2.24) is 0 Å². The zero-order valence-corrected chi connectivity index (χ0v) is 12.7. The first-order chi connectivity index (χ1) is 10.5. The minimum Gasteiger partial charge on any atom is -0.294 e. The lowest BCUT2D eigenvalue weighted by atomic mass is 9.91. The zero-order valence-electron chi connectivity index (χ0n) is 12.7. The first kappa shape index (κ1) is 15.9. The van der Waals surface area contributed by atoms with Gasteiger partial charge in [-0.15, -0.1) is 0 Å². The van der Waals surface area contributed by atoms with E-state index in [9.17, 15) is 14.4 Å². The number of hydrogen-bond acceptors (Lipinski definition) is 2. The molecule has 112 valence electrons. The second-order valence-corrected chi connectivity index (χ2v) is 5.64. The van der Waals surface area contributed by atoms with Gasteiger partial charge in [-0.05, 0) is 41.3 Å². The number of hydrogen-bond donors (Lipinski definition) is 0. The van der Waals surface area contributed by atoms with Crippen LogP contribution in [-0.2, 0) is 0 Å². The van der Waals surface area contributed by atoms with E-state index < -0.39 is 5.92 Å². The van der Waals surface area contributed by atoms with E-state index in [2.05, 4.69) is 19.9 Å². The fraction of sp³-hybridized carbons (Fsp3) is 0.263. The van der Waals surface area contributed by atoms with E-state index in [1.165, 1.54) is 29.8 Å². The number of benzene rings is 2. The normalized spacial score (nSPS) is 12.0. The highest BCUT2D eigenvalue weighted by Crippen LogP contribution is 2.24. The quantitative estimate of drug-likeness (QED) is 0.741. The molecule has 0 heterocycles. The van der Waals surface area contributed by atoms with Crippen molar-refractivity contribution in [3.05, 3.63) is 71.0 Å². The highest BCUT2D eigenvalue weighted by atomic mass is 19.1. The summed E-state index contributed by atoms with van der Waals surface area (Å²) >= 11 is 0. The van der Waals surface area contributed by atoms with Crippen LogP contribution in [0, 0.1) is 17.1 Å². The molecule has 0 aliphatic heterocycles. The van der Waals surface area contributed by atoms with Gasteiger partial charge in [0.2, 0.25) is 0 Å². The average Bonchev–Trinajstić information content (AvgIpc) is 2.53. The Morgan fingerprint density at radius 3 is 2.09 bits per heavy atom. The Balaban J connectivity index is 2.13. The predicted octanol–water partition coefficient (Wildman–Crippen LogP) is 4.83. The molecule has 0 saturated heterocycles. The van der Waals surface area contributed by atoms with E-state index in [1.54, 1.807) is 0 Å². The lowest BCUT2D eigenvalue weighted by Crippen LogP contribution is -2.06. The van der Waals surface area contributed by atoms with Crippen molar-refractivity contribution in [1.29, 1.82) is 5.26 Å². The molecule has 1 atom stereocenters. The van der Waals surface area contributed by atoms with Gasteiger partial charge in [0.1, 0.15) is 5.82 Å². The van der Waals surface area contributed by atoms with Crippen molar-refractivity contribution in [2.75, 3.05) is 0 Å². The number of carbonyl (C=O) groups excluding carboxylic acids is 1. The number of carbonyl (C=O) groups is 1. The summed E-state index contributed by atoms with van der Waals surface area (Å²) < 4.78 is 12.9. The SMILES string of the molecule is CC(C)c1ccc([C@@H](C#N)CC(=O)c2ccc(F)cc2)cc1. The molecule has 0 aliphatic carbocycles. The highest BCUT2D eigenvalue weighted by Gasteiger charge is 2.17. The topological polar surface area (TPSA) is 40.9 Å². The van der Waals surface area contributed by atoms with Gasteiger partial charge in [0.25, 0.3) is 0 Å². The number of rotatable bonds is 5. The van der Waals surface area contributed by atoms with Gasteiger partial charge in [-0.3, -0.25) is 4.79 Å². The first-order valence-electron chi connectivity index (χ1n) is 7.29. The fourth-order valence-electron chi connectivity index (χ4n) is 2.29. The van der Waals surface area contributed by atoms with Crippen LogP contribution in [0.15, 0.2) is 48.5 Å². The Hall–Kier alpha value is -2.47. The number of nitrogens with zero attached hydrogens (tertiary/aromatic N) is 1. The Labute approximate surface area is 130 Å². The molecule has 2 aromatic carbocycles. The summed E-state index contributed by atoms with van der Waals surface area (Å²) in [6.07, 6.45) is 0.100. The van der Waals surface area contributed by atoms with Crippen LogP contribution in [0.3, 0.4) is 0 Å². The molecule has 0 amide bonds. The molecule has 0 fully saturated rings. The van der Waals surface area contributed by atoms with Crippen molar-refractivity contribution in [2.45, 2.75) is 32.1 Å².